The molecule has 1 saturated carbocycles. The highest BCUT2D eigenvalue weighted by molar-refractivity contribution is 5.75. The van der Waals surface area contributed by atoms with Crippen LogP contribution in [0.3, 0.4) is 0 Å². The van der Waals surface area contributed by atoms with Gasteiger partial charge < -0.3 is 15.3 Å². The Kier molecular flexibility index (Phi) is 5.99. The molecule has 5 heteroatoms. The van der Waals surface area contributed by atoms with Crippen LogP contribution in [0, 0.1) is 19.7 Å². The highest BCUT2D eigenvalue weighted by atomic mass is 19.1. The van der Waals surface area contributed by atoms with E-state index in [0.717, 1.165) is 24.8 Å². The summed E-state index contributed by atoms with van der Waals surface area (Å²) in [6.07, 6.45) is 3.62. The van der Waals surface area contributed by atoms with E-state index in [1.807, 2.05) is 11.8 Å². The first-order valence-electron chi connectivity index (χ1n) is 8.38. The molecule has 0 heterocycles. The van der Waals surface area contributed by atoms with Crippen molar-refractivity contribution in [1.29, 1.82) is 0 Å². The summed E-state index contributed by atoms with van der Waals surface area (Å²) in [4.78, 5) is 14.4. The van der Waals surface area contributed by atoms with Crippen molar-refractivity contribution in [3.8, 4) is 0 Å². The van der Waals surface area contributed by atoms with Crippen LogP contribution < -0.4 is 5.32 Å². The lowest BCUT2D eigenvalue weighted by Gasteiger charge is -2.25. The Morgan fingerprint density at radius 2 is 1.96 bits per heavy atom. The molecule has 4 nitrogen and oxygen atoms in total. The summed E-state index contributed by atoms with van der Waals surface area (Å²) in [6.45, 7) is 6.23. The average Bonchev–Trinajstić information content (AvgIpc) is 3.33. The molecule has 23 heavy (non-hydrogen) atoms. The quantitative estimate of drug-likeness (QED) is 0.756. The second-order valence-corrected chi connectivity index (χ2v) is 6.50. The SMILES string of the molecule is Cc1cc(C(C)NC(=O)N(CCCCO)C2CC2)cc(C)c1F. The molecule has 1 atom stereocenters. The first kappa shape index (κ1) is 17.7. The number of hydrogen-bond donors (Lipinski definition) is 2. The lowest BCUT2D eigenvalue weighted by Crippen LogP contribution is -2.43. The molecule has 0 saturated heterocycles. The first-order chi connectivity index (χ1) is 10.9. The van der Waals surface area contributed by atoms with Crippen molar-refractivity contribution in [2.45, 2.75) is 58.5 Å². The van der Waals surface area contributed by atoms with Crippen molar-refractivity contribution in [3.63, 3.8) is 0 Å². The molecule has 0 spiro atoms. The van der Waals surface area contributed by atoms with Gasteiger partial charge in [0.05, 0.1) is 6.04 Å². The maximum absolute atomic E-state index is 13.7. The van der Waals surface area contributed by atoms with Crippen LogP contribution in [0.15, 0.2) is 12.1 Å². The van der Waals surface area contributed by atoms with E-state index in [1.165, 1.54) is 0 Å². The van der Waals surface area contributed by atoms with Gasteiger partial charge in [-0.05, 0) is 63.1 Å². The maximum atomic E-state index is 13.7. The van der Waals surface area contributed by atoms with Gasteiger partial charge in [-0.2, -0.15) is 0 Å². The fourth-order valence-electron chi connectivity index (χ4n) is 2.81. The number of nitrogens with one attached hydrogen (secondary N) is 1. The molecule has 1 unspecified atom stereocenters. The lowest BCUT2D eigenvalue weighted by atomic mass is 10.0. The van der Waals surface area contributed by atoms with Crippen LogP contribution in [0.5, 0.6) is 0 Å². The number of hydrogen-bond acceptors (Lipinski definition) is 2. The van der Waals surface area contributed by atoms with Crippen LogP contribution in [0.4, 0.5) is 9.18 Å². The monoisotopic (exact) mass is 322 g/mol. The van der Waals surface area contributed by atoms with Crippen LogP contribution >= 0.6 is 0 Å². The molecule has 0 radical (unpaired) electrons. The molecule has 0 aromatic heterocycles. The number of urea groups is 1. The van der Waals surface area contributed by atoms with Gasteiger partial charge in [0.15, 0.2) is 0 Å². The molecule has 2 rings (SSSR count). The van der Waals surface area contributed by atoms with Crippen LogP contribution in [-0.2, 0) is 0 Å². The van der Waals surface area contributed by atoms with Crippen LogP contribution in [0.2, 0.25) is 0 Å². The second-order valence-electron chi connectivity index (χ2n) is 6.50. The van der Waals surface area contributed by atoms with Gasteiger partial charge in [-0.15, -0.1) is 0 Å². The molecule has 1 fully saturated rings. The van der Waals surface area contributed by atoms with Crippen molar-refractivity contribution in [2.24, 2.45) is 0 Å². The van der Waals surface area contributed by atoms with Crippen molar-refractivity contribution in [2.75, 3.05) is 13.2 Å². The molecular weight excluding hydrogens is 295 g/mol. The minimum absolute atomic E-state index is 0.0717. The minimum atomic E-state index is -0.184. The zero-order valence-corrected chi connectivity index (χ0v) is 14.2. The number of aliphatic hydroxyl groups excluding tert-OH is 1. The number of halogens is 1. The number of aryl methyl sites for hydroxylation is 2. The minimum Gasteiger partial charge on any atom is -0.396 e. The van der Waals surface area contributed by atoms with Crippen molar-refractivity contribution < 1.29 is 14.3 Å². The van der Waals surface area contributed by atoms with Gasteiger partial charge in [0.1, 0.15) is 5.82 Å². The van der Waals surface area contributed by atoms with Crippen molar-refractivity contribution in [1.82, 2.24) is 10.2 Å². The maximum Gasteiger partial charge on any atom is 0.318 e. The van der Waals surface area contributed by atoms with Gasteiger partial charge in [0, 0.05) is 19.2 Å². The van der Waals surface area contributed by atoms with E-state index in [9.17, 15) is 9.18 Å². The van der Waals surface area contributed by atoms with Gasteiger partial charge >= 0.3 is 6.03 Å². The third-order valence-electron chi connectivity index (χ3n) is 4.35. The normalized spacial score (nSPS) is 15.3. The number of unbranched alkanes of at least 4 members (excludes halogenated alkanes) is 1. The first-order valence-corrected chi connectivity index (χ1v) is 8.38. The van der Waals surface area contributed by atoms with Crippen molar-refractivity contribution in [3.05, 3.63) is 34.6 Å². The Morgan fingerprint density at radius 1 is 1.35 bits per heavy atom. The molecule has 0 bridgehead atoms. The summed E-state index contributed by atoms with van der Waals surface area (Å²) < 4.78 is 13.7. The number of nitrogens with zero attached hydrogens (tertiary/aromatic N) is 1. The number of carbonyl (C=O) groups excluding carboxylic acids is 1. The highest BCUT2D eigenvalue weighted by Crippen LogP contribution is 2.28. The van der Waals surface area contributed by atoms with E-state index in [-0.39, 0.29) is 24.5 Å². The number of carbonyl (C=O) groups is 1. The molecule has 2 amide bonds. The van der Waals surface area contributed by atoms with Gasteiger partial charge in [-0.1, -0.05) is 12.1 Å². The van der Waals surface area contributed by atoms with E-state index in [4.69, 9.17) is 5.11 Å². The van der Waals surface area contributed by atoms with E-state index < -0.39 is 0 Å². The summed E-state index contributed by atoms with van der Waals surface area (Å²) in [5, 5.41) is 11.9. The van der Waals surface area contributed by atoms with Crippen LogP contribution in [0.25, 0.3) is 0 Å². The standard InChI is InChI=1S/C18H27FN2O2/c1-12-10-15(11-13(2)17(12)19)14(3)20-18(23)21(16-6-7-16)8-4-5-9-22/h10-11,14,16,22H,4-9H2,1-3H3,(H,20,23). The van der Waals surface area contributed by atoms with Crippen LogP contribution in [0.1, 0.15) is 55.3 Å². The molecular formula is C18H27FN2O2. The predicted octanol–water partition coefficient (Wildman–Crippen LogP) is 3.45. The zero-order chi connectivity index (χ0) is 17.0. The summed E-state index contributed by atoms with van der Waals surface area (Å²) in [5.41, 5.74) is 2.12. The Hall–Kier alpha value is -1.62. The zero-order valence-electron chi connectivity index (χ0n) is 14.2. The topological polar surface area (TPSA) is 52.6 Å². The van der Waals surface area contributed by atoms with Crippen molar-refractivity contribution >= 4 is 6.03 Å². The van der Waals surface area contributed by atoms with E-state index in [0.29, 0.717) is 30.1 Å². The van der Waals surface area contributed by atoms with E-state index in [1.54, 1.807) is 26.0 Å². The fraction of sp³-hybridized carbons (Fsp3) is 0.611. The molecule has 1 aliphatic carbocycles. The number of benzene rings is 1. The number of amides is 2. The summed E-state index contributed by atoms with van der Waals surface area (Å²) in [6, 6.07) is 3.68. The Labute approximate surface area is 137 Å². The van der Waals surface area contributed by atoms with Gasteiger partial charge in [0.2, 0.25) is 0 Å². The Bertz CT molecular complexity index is 535. The predicted molar refractivity (Wildman–Crippen MR) is 88.9 cm³/mol. The lowest BCUT2D eigenvalue weighted by molar-refractivity contribution is 0.187. The second kappa shape index (κ2) is 7.77. The summed E-state index contributed by atoms with van der Waals surface area (Å²) >= 11 is 0. The third-order valence-corrected chi connectivity index (χ3v) is 4.35. The highest BCUT2D eigenvalue weighted by Gasteiger charge is 2.32. The van der Waals surface area contributed by atoms with Crippen LogP contribution in [-0.4, -0.2) is 35.2 Å². The summed E-state index contributed by atoms with van der Waals surface area (Å²) in [7, 11) is 0. The molecule has 128 valence electrons. The molecule has 0 aliphatic heterocycles. The largest absolute Gasteiger partial charge is 0.396 e. The van der Waals surface area contributed by atoms with E-state index in [2.05, 4.69) is 5.32 Å². The molecule has 2 N–H and O–H groups in total. The molecule has 1 aromatic carbocycles. The molecule has 1 aromatic rings. The average molecular weight is 322 g/mol. The number of aliphatic hydroxyl groups is 1. The smallest absolute Gasteiger partial charge is 0.318 e. The van der Waals surface area contributed by atoms with E-state index >= 15 is 0 Å². The number of rotatable bonds is 7. The third kappa shape index (κ3) is 4.67. The Morgan fingerprint density at radius 3 is 2.48 bits per heavy atom. The van der Waals surface area contributed by atoms with Gasteiger partial charge in [0.25, 0.3) is 0 Å². The summed E-state index contributed by atoms with van der Waals surface area (Å²) in [5.74, 6) is -0.184. The Balaban J connectivity index is 2.00. The molecule has 1 aliphatic rings. The fourth-order valence-corrected chi connectivity index (χ4v) is 2.81. The van der Waals surface area contributed by atoms with Gasteiger partial charge in [-0.25, -0.2) is 9.18 Å². The van der Waals surface area contributed by atoms with Gasteiger partial charge in [-0.3, -0.25) is 0 Å².